The lowest BCUT2D eigenvalue weighted by molar-refractivity contribution is 0.213. The first kappa shape index (κ1) is 14.6. The summed E-state index contributed by atoms with van der Waals surface area (Å²) in [7, 11) is -3.65. The van der Waals surface area contributed by atoms with E-state index in [-0.39, 0.29) is 23.5 Å². The number of nitrogens with two attached hydrogens (primary N) is 1. The smallest absolute Gasteiger partial charge is 0.240 e. The van der Waals surface area contributed by atoms with Gasteiger partial charge in [0.2, 0.25) is 10.0 Å². The Hall–Kier alpha value is -0.820. The molecule has 1 aliphatic carbocycles. The molecule has 1 aliphatic rings. The van der Waals surface area contributed by atoms with Gasteiger partial charge in [-0.2, -0.15) is 0 Å². The summed E-state index contributed by atoms with van der Waals surface area (Å²) in [5.74, 6) is 0. The quantitative estimate of drug-likeness (QED) is 0.715. The molecular formula is C12H17ClN2O3S. The number of hydrogen-bond donors (Lipinski definition) is 3. The minimum Gasteiger partial charge on any atom is -0.398 e. The van der Waals surface area contributed by atoms with E-state index in [0.29, 0.717) is 16.3 Å². The number of nitrogen functional groups attached to an aromatic ring is 1. The molecule has 0 bridgehead atoms. The zero-order valence-electron chi connectivity index (χ0n) is 10.6. The summed E-state index contributed by atoms with van der Waals surface area (Å²) in [4.78, 5) is 0.0503. The molecule has 0 spiro atoms. The molecule has 1 fully saturated rings. The number of hydrogen-bond acceptors (Lipinski definition) is 4. The van der Waals surface area contributed by atoms with Crippen molar-refractivity contribution in [3.63, 3.8) is 0 Å². The average molecular weight is 305 g/mol. The largest absolute Gasteiger partial charge is 0.398 e. The van der Waals surface area contributed by atoms with Crippen LogP contribution in [0.15, 0.2) is 17.0 Å². The highest BCUT2D eigenvalue weighted by Gasteiger charge is 2.42. The number of aliphatic hydroxyl groups excluding tert-OH is 1. The Kier molecular flexibility index (Phi) is 3.79. The van der Waals surface area contributed by atoms with Crippen molar-refractivity contribution in [2.24, 2.45) is 5.41 Å². The third kappa shape index (κ3) is 3.02. The lowest BCUT2D eigenvalue weighted by Gasteiger charge is -2.14. The SMILES string of the molecule is Cc1c(N)cc(S(=O)(=O)NCC2(CO)CC2)cc1Cl. The second kappa shape index (κ2) is 4.94. The molecule has 1 saturated carbocycles. The zero-order valence-corrected chi connectivity index (χ0v) is 12.2. The van der Waals surface area contributed by atoms with Gasteiger partial charge in [-0.25, -0.2) is 13.1 Å². The fourth-order valence-electron chi connectivity index (χ4n) is 1.73. The summed E-state index contributed by atoms with van der Waals surface area (Å²) in [5.41, 5.74) is 6.44. The van der Waals surface area contributed by atoms with Crippen molar-refractivity contribution in [1.29, 1.82) is 0 Å². The van der Waals surface area contributed by atoms with Gasteiger partial charge in [0.15, 0.2) is 0 Å². The predicted molar refractivity (Wildman–Crippen MR) is 74.5 cm³/mol. The fourth-order valence-corrected chi connectivity index (χ4v) is 3.24. The number of rotatable bonds is 5. The normalized spacial score (nSPS) is 17.4. The van der Waals surface area contributed by atoms with Gasteiger partial charge < -0.3 is 10.8 Å². The van der Waals surface area contributed by atoms with Crippen LogP contribution in [0.2, 0.25) is 5.02 Å². The number of nitrogens with one attached hydrogen (secondary N) is 1. The van der Waals surface area contributed by atoms with E-state index in [1.54, 1.807) is 6.92 Å². The Morgan fingerprint density at radius 2 is 2.11 bits per heavy atom. The molecule has 7 heteroatoms. The molecular weight excluding hydrogens is 288 g/mol. The molecule has 0 aromatic heterocycles. The van der Waals surface area contributed by atoms with Crippen molar-refractivity contribution in [2.45, 2.75) is 24.7 Å². The molecule has 0 heterocycles. The topological polar surface area (TPSA) is 92.4 Å². The summed E-state index contributed by atoms with van der Waals surface area (Å²) in [5, 5.41) is 9.50. The Bertz CT molecular complexity index is 574. The second-order valence-corrected chi connectivity index (χ2v) is 7.28. The van der Waals surface area contributed by atoms with Gasteiger partial charge in [0.1, 0.15) is 0 Å². The first-order chi connectivity index (χ1) is 8.80. The summed E-state index contributed by atoms with van der Waals surface area (Å²) in [6.45, 7) is 1.95. The van der Waals surface area contributed by atoms with Gasteiger partial charge in [-0.05, 0) is 37.5 Å². The maximum atomic E-state index is 12.1. The minimum atomic E-state index is -3.65. The lowest BCUT2D eigenvalue weighted by atomic mass is 10.1. The highest BCUT2D eigenvalue weighted by atomic mass is 35.5. The molecule has 19 heavy (non-hydrogen) atoms. The molecule has 0 radical (unpaired) electrons. The van der Waals surface area contributed by atoms with E-state index in [9.17, 15) is 13.5 Å². The fraction of sp³-hybridized carbons (Fsp3) is 0.500. The maximum Gasteiger partial charge on any atom is 0.240 e. The Morgan fingerprint density at radius 3 is 2.58 bits per heavy atom. The number of aliphatic hydroxyl groups is 1. The van der Waals surface area contributed by atoms with E-state index in [0.717, 1.165) is 12.8 Å². The van der Waals surface area contributed by atoms with Crippen LogP contribution in [0.1, 0.15) is 18.4 Å². The monoisotopic (exact) mass is 304 g/mol. The molecule has 0 aliphatic heterocycles. The Labute approximate surface area is 117 Å². The molecule has 1 aromatic rings. The number of halogens is 1. The van der Waals surface area contributed by atoms with Crippen LogP contribution in [0, 0.1) is 12.3 Å². The Morgan fingerprint density at radius 1 is 1.47 bits per heavy atom. The van der Waals surface area contributed by atoms with E-state index >= 15 is 0 Å². The standard InChI is InChI=1S/C12H17ClN2O3S/c1-8-10(13)4-9(5-11(8)14)19(17,18)15-6-12(7-16)2-3-12/h4-5,15-16H,2-3,6-7,14H2,1H3. The molecule has 106 valence electrons. The van der Waals surface area contributed by atoms with Crippen molar-refractivity contribution >= 4 is 27.3 Å². The third-order valence-corrected chi connectivity index (χ3v) is 5.37. The molecule has 4 N–H and O–H groups in total. The van der Waals surface area contributed by atoms with E-state index in [1.165, 1.54) is 12.1 Å². The number of benzene rings is 1. The van der Waals surface area contributed by atoms with Gasteiger partial charge in [0, 0.05) is 29.3 Å². The molecule has 0 unspecified atom stereocenters. The summed E-state index contributed by atoms with van der Waals surface area (Å²) < 4.78 is 26.8. The van der Waals surface area contributed by atoms with Crippen LogP contribution < -0.4 is 10.5 Å². The first-order valence-electron chi connectivity index (χ1n) is 5.96. The van der Waals surface area contributed by atoms with Crippen LogP contribution in [0.25, 0.3) is 0 Å². The molecule has 0 saturated heterocycles. The van der Waals surface area contributed by atoms with Gasteiger partial charge >= 0.3 is 0 Å². The average Bonchev–Trinajstić information content (AvgIpc) is 3.14. The van der Waals surface area contributed by atoms with Crippen molar-refractivity contribution in [3.05, 3.63) is 22.7 Å². The molecule has 0 atom stereocenters. The van der Waals surface area contributed by atoms with Crippen molar-refractivity contribution in [2.75, 3.05) is 18.9 Å². The number of sulfonamides is 1. The summed E-state index contributed by atoms with van der Waals surface area (Å²) in [6, 6.07) is 2.77. The van der Waals surface area contributed by atoms with Crippen LogP contribution >= 0.6 is 11.6 Å². The molecule has 5 nitrogen and oxygen atoms in total. The maximum absolute atomic E-state index is 12.1. The highest BCUT2D eigenvalue weighted by Crippen LogP contribution is 2.44. The Balaban J connectivity index is 2.20. The number of anilines is 1. The molecule has 2 rings (SSSR count). The van der Waals surface area contributed by atoms with Gasteiger partial charge in [-0.15, -0.1) is 0 Å². The van der Waals surface area contributed by atoms with Crippen LogP contribution in [0.5, 0.6) is 0 Å². The minimum absolute atomic E-state index is 0.00763. The van der Waals surface area contributed by atoms with E-state index < -0.39 is 10.0 Å². The van der Waals surface area contributed by atoms with E-state index in [4.69, 9.17) is 17.3 Å². The van der Waals surface area contributed by atoms with Crippen LogP contribution in [0.3, 0.4) is 0 Å². The molecule has 0 amide bonds. The van der Waals surface area contributed by atoms with Crippen LogP contribution in [0.4, 0.5) is 5.69 Å². The van der Waals surface area contributed by atoms with Crippen LogP contribution in [-0.4, -0.2) is 26.7 Å². The van der Waals surface area contributed by atoms with Gasteiger partial charge in [-0.3, -0.25) is 0 Å². The van der Waals surface area contributed by atoms with Crippen molar-refractivity contribution in [3.8, 4) is 0 Å². The summed E-state index contributed by atoms with van der Waals surface area (Å²) >= 11 is 5.94. The van der Waals surface area contributed by atoms with E-state index in [1.807, 2.05) is 0 Å². The highest BCUT2D eigenvalue weighted by molar-refractivity contribution is 7.89. The van der Waals surface area contributed by atoms with E-state index in [2.05, 4.69) is 4.72 Å². The zero-order chi connectivity index (χ0) is 14.3. The van der Waals surface area contributed by atoms with Crippen molar-refractivity contribution in [1.82, 2.24) is 4.72 Å². The summed E-state index contributed by atoms with van der Waals surface area (Å²) in [6.07, 6.45) is 1.67. The first-order valence-corrected chi connectivity index (χ1v) is 7.82. The van der Waals surface area contributed by atoms with Crippen LogP contribution in [-0.2, 0) is 10.0 Å². The lowest BCUT2D eigenvalue weighted by Crippen LogP contribution is -2.32. The van der Waals surface area contributed by atoms with Gasteiger partial charge in [0.25, 0.3) is 0 Å². The molecule has 1 aromatic carbocycles. The predicted octanol–water partition coefficient (Wildman–Crippen LogP) is 1.28. The van der Waals surface area contributed by atoms with Gasteiger partial charge in [0.05, 0.1) is 4.90 Å². The second-order valence-electron chi connectivity index (χ2n) is 5.10. The van der Waals surface area contributed by atoms with Gasteiger partial charge in [-0.1, -0.05) is 11.6 Å². The third-order valence-electron chi connectivity index (χ3n) is 3.60. The van der Waals surface area contributed by atoms with Crippen molar-refractivity contribution < 1.29 is 13.5 Å².